The Balaban J connectivity index is 1.61. The number of sulfone groups is 1. The molecule has 0 saturated carbocycles. The number of aryl methyl sites for hydroxylation is 1. The van der Waals surface area contributed by atoms with Gasteiger partial charge in [-0.15, -0.1) is 0 Å². The van der Waals surface area contributed by atoms with Crippen molar-refractivity contribution in [2.24, 2.45) is 4.99 Å². The second-order valence-corrected chi connectivity index (χ2v) is 9.45. The molecule has 30 heavy (non-hydrogen) atoms. The van der Waals surface area contributed by atoms with Gasteiger partial charge in [-0.2, -0.15) is 0 Å². The van der Waals surface area contributed by atoms with Crippen LogP contribution >= 0.6 is 0 Å². The molecule has 6 nitrogen and oxygen atoms in total. The van der Waals surface area contributed by atoms with Gasteiger partial charge in [0.25, 0.3) is 0 Å². The minimum atomic E-state index is -3.21. The van der Waals surface area contributed by atoms with Gasteiger partial charge in [0.15, 0.2) is 15.8 Å². The van der Waals surface area contributed by atoms with Crippen molar-refractivity contribution >= 4 is 21.5 Å². The molecule has 1 aliphatic rings. The quantitative estimate of drug-likeness (QED) is 0.404. The Morgan fingerprint density at radius 2 is 1.70 bits per heavy atom. The fraction of sp³-hybridized carbons (Fsp3) is 0.348. The van der Waals surface area contributed by atoms with E-state index < -0.39 is 9.84 Å². The van der Waals surface area contributed by atoms with E-state index in [0.717, 1.165) is 36.7 Å². The maximum atomic E-state index is 11.8. The Labute approximate surface area is 179 Å². The van der Waals surface area contributed by atoms with Crippen LogP contribution in [-0.2, 0) is 22.9 Å². The van der Waals surface area contributed by atoms with E-state index in [0.29, 0.717) is 18.0 Å². The molecule has 2 N–H and O–H groups in total. The highest BCUT2D eigenvalue weighted by molar-refractivity contribution is 7.90. The van der Waals surface area contributed by atoms with Crippen molar-refractivity contribution in [3.8, 4) is 0 Å². The molecule has 0 fully saturated rings. The number of rotatable bonds is 7. The van der Waals surface area contributed by atoms with Crippen LogP contribution in [0, 0.1) is 6.92 Å². The van der Waals surface area contributed by atoms with Gasteiger partial charge in [0.2, 0.25) is 0 Å². The van der Waals surface area contributed by atoms with Crippen LogP contribution in [-0.4, -0.2) is 40.3 Å². The summed E-state index contributed by atoms with van der Waals surface area (Å²) in [6.45, 7) is 7.70. The highest BCUT2D eigenvalue weighted by atomic mass is 32.2. The molecule has 2 aromatic rings. The number of nitrogens with zero attached hydrogens (tertiary/aromatic N) is 2. The average Bonchev–Trinajstić information content (AvgIpc) is 3.24. The van der Waals surface area contributed by atoms with Crippen LogP contribution in [0.25, 0.3) is 0 Å². The highest BCUT2D eigenvalue weighted by Gasteiger charge is 2.11. The van der Waals surface area contributed by atoms with Crippen molar-refractivity contribution in [2.45, 2.75) is 31.8 Å². The lowest BCUT2D eigenvalue weighted by Gasteiger charge is -2.18. The van der Waals surface area contributed by atoms with Gasteiger partial charge in [0.05, 0.1) is 11.4 Å². The molecule has 160 valence electrons. The largest absolute Gasteiger partial charge is 0.364 e. The Hall–Kier alpha value is -2.80. The van der Waals surface area contributed by atoms with E-state index >= 15 is 0 Å². The summed E-state index contributed by atoms with van der Waals surface area (Å²) in [6.07, 6.45) is 5.60. The Kier molecular flexibility index (Phi) is 7.15. The predicted molar refractivity (Wildman–Crippen MR) is 124 cm³/mol. The number of aliphatic imine (C=N–C) groups is 1. The minimum Gasteiger partial charge on any atom is -0.364 e. The van der Waals surface area contributed by atoms with Crippen LogP contribution in [0.5, 0.6) is 0 Å². The third-order valence-electron chi connectivity index (χ3n) is 4.98. The first-order chi connectivity index (χ1) is 14.4. The number of hydrogen-bond donors (Lipinski definition) is 2. The van der Waals surface area contributed by atoms with Gasteiger partial charge in [0.1, 0.15) is 0 Å². The second-order valence-electron chi connectivity index (χ2n) is 7.46. The lowest BCUT2D eigenvalue weighted by molar-refractivity contribution is 0.601. The number of guanidine groups is 1. The van der Waals surface area contributed by atoms with Gasteiger partial charge >= 0.3 is 0 Å². The predicted octanol–water partition coefficient (Wildman–Crippen LogP) is 3.03. The van der Waals surface area contributed by atoms with E-state index in [1.165, 1.54) is 17.5 Å². The molecule has 0 aliphatic carbocycles. The topological polar surface area (TPSA) is 73.8 Å². The molecule has 2 aromatic carbocycles. The zero-order valence-electron chi connectivity index (χ0n) is 17.9. The zero-order chi connectivity index (χ0) is 21.6. The molecule has 3 rings (SSSR count). The SMILES string of the molecule is CCNC(=NCc1ccc(S(C)(=O)=O)c(C)c1)NCc1ccc(N2CC=CC2)cc1. The van der Waals surface area contributed by atoms with Crippen LogP contribution < -0.4 is 15.5 Å². The summed E-state index contributed by atoms with van der Waals surface area (Å²) in [7, 11) is -3.21. The molecular weight excluding hydrogens is 396 g/mol. The molecular formula is C23H30N4O2S. The summed E-state index contributed by atoms with van der Waals surface area (Å²) in [5, 5.41) is 6.62. The molecule has 0 spiro atoms. The van der Waals surface area contributed by atoms with E-state index in [1.54, 1.807) is 6.07 Å². The first kappa shape index (κ1) is 21.9. The molecule has 0 amide bonds. The summed E-state index contributed by atoms with van der Waals surface area (Å²) < 4.78 is 23.6. The first-order valence-corrected chi connectivity index (χ1v) is 12.1. The minimum absolute atomic E-state index is 0.369. The molecule has 7 heteroatoms. The van der Waals surface area contributed by atoms with E-state index in [1.807, 2.05) is 26.0 Å². The molecule has 0 bridgehead atoms. The van der Waals surface area contributed by atoms with E-state index in [2.05, 4.69) is 56.9 Å². The Morgan fingerprint density at radius 1 is 1.03 bits per heavy atom. The zero-order valence-corrected chi connectivity index (χ0v) is 18.7. The lowest BCUT2D eigenvalue weighted by atomic mass is 10.1. The van der Waals surface area contributed by atoms with E-state index in [9.17, 15) is 8.42 Å². The number of hydrogen-bond acceptors (Lipinski definition) is 4. The molecule has 0 unspecified atom stereocenters. The number of benzene rings is 2. The highest BCUT2D eigenvalue weighted by Crippen LogP contribution is 2.18. The van der Waals surface area contributed by atoms with Crippen LogP contribution in [0.15, 0.2) is 64.5 Å². The van der Waals surface area contributed by atoms with Crippen molar-refractivity contribution in [3.05, 3.63) is 71.3 Å². The number of nitrogens with one attached hydrogen (secondary N) is 2. The summed E-state index contributed by atoms with van der Waals surface area (Å²) >= 11 is 0. The Morgan fingerprint density at radius 3 is 2.30 bits per heavy atom. The second kappa shape index (κ2) is 9.80. The van der Waals surface area contributed by atoms with Gasteiger partial charge in [-0.1, -0.05) is 36.4 Å². The summed E-state index contributed by atoms with van der Waals surface area (Å²) in [5.74, 6) is 0.732. The Bertz CT molecular complexity index is 1020. The van der Waals surface area contributed by atoms with Gasteiger partial charge < -0.3 is 15.5 Å². The van der Waals surface area contributed by atoms with Crippen LogP contribution in [0.4, 0.5) is 5.69 Å². The lowest BCUT2D eigenvalue weighted by Crippen LogP contribution is -2.36. The number of anilines is 1. The summed E-state index contributed by atoms with van der Waals surface area (Å²) in [4.78, 5) is 7.33. The van der Waals surface area contributed by atoms with E-state index in [-0.39, 0.29) is 0 Å². The molecule has 0 saturated heterocycles. The fourth-order valence-corrected chi connectivity index (χ4v) is 4.40. The van der Waals surface area contributed by atoms with Gasteiger partial charge in [-0.3, -0.25) is 0 Å². The molecule has 0 aromatic heterocycles. The maximum absolute atomic E-state index is 11.8. The molecule has 0 atom stereocenters. The summed E-state index contributed by atoms with van der Waals surface area (Å²) in [6, 6.07) is 13.9. The van der Waals surface area contributed by atoms with Crippen molar-refractivity contribution in [3.63, 3.8) is 0 Å². The first-order valence-electron chi connectivity index (χ1n) is 10.2. The van der Waals surface area contributed by atoms with Gasteiger partial charge in [0, 0.05) is 38.1 Å². The molecule has 1 aliphatic heterocycles. The fourth-order valence-electron chi connectivity index (χ4n) is 3.44. The summed E-state index contributed by atoms with van der Waals surface area (Å²) in [5.41, 5.74) is 4.14. The smallest absolute Gasteiger partial charge is 0.191 e. The third-order valence-corrected chi connectivity index (χ3v) is 6.24. The van der Waals surface area contributed by atoms with Crippen molar-refractivity contribution in [1.82, 2.24) is 10.6 Å². The van der Waals surface area contributed by atoms with Gasteiger partial charge in [-0.25, -0.2) is 13.4 Å². The van der Waals surface area contributed by atoms with Crippen molar-refractivity contribution < 1.29 is 8.42 Å². The third kappa shape index (κ3) is 5.86. The van der Waals surface area contributed by atoms with Gasteiger partial charge in [-0.05, 0) is 48.7 Å². The van der Waals surface area contributed by atoms with E-state index in [4.69, 9.17) is 0 Å². The standard InChI is InChI=1S/C23H30N4O2S/c1-4-24-23(26-17-20-9-12-22(18(2)15-20)30(3,28)29)25-16-19-7-10-21(11-8-19)27-13-5-6-14-27/h5-12,15H,4,13-14,16-17H2,1-3H3,(H2,24,25,26). The van der Waals surface area contributed by atoms with Crippen LogP contribution in [0.1, 0.15) is 23.6 Å². The van der Waals surface area contributed by atoms with Crippen LogP contribution in [0.3, 0.4) is 0 Å². The molecule has 1 heterocycles. The average molecular weight is 427 g/mol. The monoisotopic (exact) mass is 426 g/mol. The maximum Gasteiger partial charge on any atom is 0.191 e. The normalized spacial score (nSPS) is 14.2. The van der Waals surface area contributed by atoms with Crippen molar-refractivity contribution in [1.29, 1.82) is 0 Å². The van der Waals surface area contributed by atoms with Crippen LogP contribution in [0.2, 0.25) is 0 Å². The van der Waals surface area contributed by atoms with Crippen molar-refractivity contribution in [2.75, 3.05) is 30.8 Å². The molecule has 0 radical (unpaired) electrons.